The topological polar surface area (TPSA) is 44.4 Å². The first-order chi connectivity index (χ1) is 10.3. The summed E-state index contributed by atoms with van der Waals surface area (Å²) in [6.45, 7) is 6.90. The van der Waals surface area contributed by atoms with E-state index in [1.54, 1.807) is 0 Å². The average molecular weight is 291 g/mol. The molecular weight excluding hydrogens is 262 g/mol. The van der Waals surface area contributed by atoms with Crippen molar-refractivity contribution in [2.75, 3.05) is 19.6 Å². The maximum atomic E-state index is 12.5. The predicted molar refractivity (Wildman–Crippen MR) is 85.1 cm³/mol. The normalized spacial score (nSPS) is 34.4. The van der Waals surface area contributed by atoms with Crippen molar-refractivity contribution in [1.29, 1.82) is 0 Å². The van der Waals surface area contributed by atoms with E-state index in [0.29, 0.717) is 12.1 Å². The van der Waals surface area contributed by atoms with Crippen molar-refractivity contribution >= 4 is 5.91 Å². The Balaban J connectivity index is 1.43. The van der Waals surface area contributed by atoms with Crippen molar-refractivity contribution in [3.8, 4) is 0 Å². The van der Waals surface area contributed by atoms with Crippen molar-refractivity contribution in [1.82, 2.24) is 15.5 Å². The molecule has 4 nitrogen and oxygen atoms in total. The van der Waals surface area contributed by atoms with Crippen molar-refractivity contribution in [2.45, 2.75) is 63.1 Å². The van der Waals surface area contributed by atoms with Gasteiger partial charge in [-0.3, -0.25) is 9.69 Å². The van der Waals surface area contributed by atoms with Crippen molar-refractivity contribution in [3.63, 3.8) is 0 Å². The molecule has 0 aromatic rings. The van der Waals surface area contributed by atoms with E-state index < -0.39 is 0 Å². The molecule has 1 amide bonds. The van der Waals surface area contributed by atoms with Gasteiger partial charge in [-0.2, -0.15) is 0 Å². The summed E-state index contributed by atoms with van der Waals surface area (Å²) in [6, 6.07) is 1.02. The summed E-state index contributed by atoms with van der Waals surface area (Å²) in [5.41, 5.74) is 0. The number of fused-ring (bicyclic) bond motifs is 1. The standard InChI is InChI=1S/C17H29N3O/c1-2-9-20-10-7-14(8-11-20)18-17(21)16-12-13-5-3-4-6-15(13)19-16/h2,13-16,19H,1,3-12H2,(H,18,21). The van der Waals surface area contributed by atoms with Gasteiger partial charge < -0.3 is 10.6 Å². The predicted octanol–water partition coefficient (Wildman–Crippen LogP) is 1.67. The Morgan fingerprint density at radius 2 is 2.00 bits per heavy atom. The highest BCUT2D eigenvalue weighted by Crippen LogP contribution is 2.33. The summed E-state index contributed by atoms with van der Waals surface area (Å²) in [5, 5.41) is 6.85. The van der Waals surface area contributed by atoms with Crippen LogP contribution in [0.2, 0.25) is 0 Å². The maximum absolute atomic E-state index is 12.5. The first-order valence-corrected chi connectivity index (χ1v) is 8.66. The van der Waals surface area contributed by atoms with Crippen LogP contribution in [0, 0.1) is 5.92 Å². The number of piperidine rings is 1. The van der Waals surface area contributed by atoms with Crippen LogP contribution in [0.3, 0.4) is 0 Å². The quantitative estimate of drug-likeness (QED) is 0.775. The summed E-state index contributed by atoms with van der Waals surface area (Å²) < 4.78 is 0. The fraction of sp³-hybridized carbons (Fsp3) is 0.824. The van der Waals surface area contributed by atoms with Gasteiger partial charge in [0.05, 0.1) is 6.04 Å². The molecular formula is C17H29N3O. The molecule has 3 aliphatic rings. The molecule has 0 aromatic carbocycles. The van der Waals surface area contributed by atoms with E-state index in [2.05, 4.69) is 22.1 Å². The number of carbonyl (C=O) groups is 1. The highest BCUT2D eigenvalue weighted by atomic mass is 16.2. The lowest BCUT2D eigenvalue weighted by Gasteiger charge is -2.32. The lowest BCUT2D eigenvalue weighted by atomic mass is 9.85. The summed E-state index contributed by atoms with van der Waals surface area (Å²) in [6.07, 6.45) is 10.4. The number of likely N-dealkylation sites (tertiary alicyclic amines) is 1. The van der Waals surface area contributed by atoms with Crippen LogP contribution in [-0.4, -0.2) is 48.6 Å². The molecule has 0 bridgehead atoms. The molecule has 0 radical (unpaired) electrons. The second kappa shape index (κ2) is 6.93. The highest BCUT2D eigenvalue weighted by Gasteiger charge is 2.38. The molecule has 2 aliphatic heterocycles. The summed E-state index contributed by atoms with van der Waals surface area (Å²) >= 11 is 0. The lowest BCUT2D eigenvalue weighted by Crippen LogP contribution is -2.50. The van der Waals surface area contributed by atoms with Crippen LogP contribution in [0.4, 0.5) is 0 Å². The van der Waals surface area contributed by atoms with Crippen LogP contribution in [0.25, 0.3) is 0 Å². The van der Waals surface area contributed by atoms with Crippen LogP contribution in [0.1, 0.15) is 44.9 Å². The van der Waals surface area contributed by atoms with Crippen LogP contribution in [-0.2, 0) is 4.79 Å². The number of nitrogens with zero attached hydrogens (tertiary/aromatic N) is 1. The largest absolute Gasteiger partial charge is 0.352 e. The Hall–Kier alpha value is -0.870. The minimum atomic E-state index is 0.0595. The van der Waals surface area contributed by atoms with E-state index >= 15 is 0 Å². The van der Waals surface area contributed by atoms with Crippen LogP contribution < -0.4 is 10.6 Å². The Morgan fingerprint density at radius 3 is 2.71 bits per heavy atom. The van der Waals surface area contributed by atoms with Crippen LogP contribution >= 0.6 is 0 Å². The van der Waals surface area contributed by atoms with Crippen LogP contribution in [0.5, 0.6) is 0 Å². The van der Waals surface area contributed by atoms with Gasteiger partial charge in [0, 0.05) is 31.7 Å². The fourth-order valence-electron chi connectivity index (χ4n) is 4.27. The number of rotatable bonds is 4. The second-order valence-corrected chi connectivity index (χ2v) is 6.98. The highest BCUT2D eigenvalue weighted by molar-refractivity contribution is 5.82. The van der Waals surface area contributed by atoms with Crippen LogP contribution in [0.15, 0.2) is 12.7 Å². The molecule has 2 N–H and O–H groups in total. The van der Waals surface area contributed by atoms with E-state index in [-0.39, 0.29) is 11.9 Å². The third-order valence-corrected chi connectivity index (χ3v) is 5.50. The van der Waals surface area contributed by atoms with Gasteiger partial charge in [0.25, 0.3) is 0 Å². The third kappa shape index (κ3) is 3.67. The molecule has 3 unspecified atom stereocenters. The second-order valence-electron chi connectivity index (χ2n) is 6.98. The van der Waals surface area contributed by atoms with Gasteiger partial charge >= 0.3 is 0 Å². The van der Waals surface area contributed by atoms with Gasteiger partial charge in [0.15, 0.2) is 0 Å². The Bertz CT molecular complexity index is 362. The Kier molecular flexibility index (Phi) is 4.96. The minimum absolute atomic E-state index is 0.0595. The first-order valence-electron chi connectivity index (χ1n) is 8.66. The molecule has 3 rings (SSSR count). The molecule has 2 heterocycles. The van der Waals surface area contributed by atoms with Gasteiger partial charge in [0.1, 0.15) is 0 Å². The maximum Gasteiger partial charge on any atom is 0.237 e. The van der Waals surface area contributed by atoms with E-state index in [9.17, 15) is 4.79 Å². The monoisotopic (exact) mass is 291 g/mol. The minimum Gasteiger partial charge on any atom is -0.352 e. The zero-order valence-electron chi connectivity index (χ0n) is 13.0. The number of hydrogen-bond donors (Lipinski definition) is 2. The number of amides is 1. The van der Waals surface area contributed by atoms with Gasteiger partial charge in [0.2, 0.25) is 5.91 Å². The molecule has 3 fully saturated rings. The molecule has 4 heteroatoms. The van der Waals surface area contributed by atoms with Gasteiger partial charge in [-0.05, 0) is 38.0 Å². The molecule has 1 aliphatic carbocycles. The van der Waals surface area contributed by atoms with E-state index in [0.717, 1.165) is 44.8 Å². The zero-order chi connectivity index (χ0) is 14.7. The fourth-order valence-corrected chi connectivity index (χ4v) is 4.27. The van der Waals surface area contributed by atoms with Gasteiger partial charge in [-0.15, -0.1) is 6.58 Å². The number of carbonyl (C=O) groups excluding carboxylic acids is 1. The first kappa shape index (κ1) is 15.0. The molecule has 118 valence electrons. The summed E-state index contributed by atoms with van der Waals surface area (Å²) in [7, 11) is 0. The van der Waals surface area contributed by atoms with Gasteiger partial charge in [-0.25, -0.2) is 0 Å². The molecule has 21 heavy (non-hydrogen) atoms. The Morgan fingerprint density at radius 1 is 1.24 bits per heavy atom. The van der Waals surface area contributed by atoms with Gasteiger partial charge in [-0.1, -0.05) is 18.9 Å². The van der Waals surface area contributed by atoms with Crippen molar-refractivity contribution < 1.29 is 4.79 Å². The number of hydrogen-bond acceptors (Lipinski definition) is 3. The third-order valence-electron chi connectivity index (χ3n) is 5.50. The lowest BCUT2D eigenvalue weighted by molar-refractivity contribution is -0.123. The molecule has 0 spiro atoms. The van der Waals surface area contributed by atoms with E-state index in [4.69, 9.17) is 0 Å². The SMILES string of the molecule is C=CCN1CCC(NC(=O)C2CC3CCCCC3N2)CC1. The molecule has 2 saturated heterocycles. The van der Waals surface area contributed by atoms with E-state index in [1.165, 1.54) is 25.7 Å². The van der Waals surface area contributed by atoms with E-state index in [1.807, 2.05) is 6.08 Å². The summed E-state index contributed by atoms with van der Waals surface area (Å²) in [4.78, 5) is 14.9. The molecule has 1 saturated carbocycles. The van der Waals surface area contributed by atoms with Crippen molar-refractivity contribution in [3.05, 3.63) is 12.7 Å². The smallest absolute Gasteiger partial charge is 0.237 e. The summed E-state index contributed by atoms with van der Waals surface area (Å²) in [5.74, 6) is 0.982. The van der Waals surface area contributed by atoms with Crippen molar-refractivity contribution in [2.24, 2.45) is 5.92 Å². The Labute approximate surface area is 128 Å². The zero-order valence-corrected chi connectivity index (χ0v) is 13.0. The molecule has 0 aromatic heterocycles. The number of nitrogens with one attached hydrogen (secondary N) is 2. The average Bonchev–Trinajstić information content (AvgIpc) is 2.94. The molecule has 3 atom stereocenters.